The highest BCUT2D eigenvalue weighted by Crippen LogP contribution is 2.30. The number of nitro groups is 1. The van der Waals surface area contributed by atoms with E-state index in [1.807, 2.05) is 6.92 Å². The number of esters is 1. The van der Waals surface area contributed by atoms with Crippen LogP contribution in [0.25, 0.3) is 0 Å². The number of carbonyl (C=O) groups is 1. The summed E-state index contributed by atoms with van der Waals surface area (Å²) in [5, 5.41) is 14.1. The van der Waals surface area contributed by atoms with Gasteiger partial charge in [-0.3, -0.25) is 14.9 Å². The Bertz CT molecular complexity index is 509. The number of anilines is 1. The molecular weight excluding hydrogens is 284 g/mol. The molecule has 1 rings (SSSR count). The van der Waals surface area contributed by atoms with Gasteiger partial charge < -0.3 is 10.1 Å². The first-order valence-corrected chi connectivity index (χ1v) is 7.03. The van der Waals surface area contributed by atoms with Crippen molar-refractivity contribution in [3.8, 4) is 0 Å². The molecule has 0 spiro atoms. The van der Waals surface area contributed by atoms with E-state index < -0.39 is 10.9 Å². The van der Waals surface area contributed by atoms with Crippen LogP contribution in [0.15, 0.2) is 5.03 Å². The summed E-state index contributed by atoms with van der Waals surface area (Å²) in [6, 6.07) is 0. The number of rotatable bonds is 7. The average molecular weight is 300 g/mol. The minimum atomic E-state index is -0.543. The highest BCUT2D eigenvalue weighted by Gasteiger charge is 2.23. The van der Waals surface area contributed by atoms with Crippen LogP contribution in [0, 0.1) is 17.0 Å². The van der Waals surface area contributed by atoms with Gasteiger partial charge in [0.1, 0.15) is 5.69 Å². The maximum absolute atomic E-state index is 11.3. The molecule has 0 saturated carbocycles. The summed E-state index contributed by atoms with van der Waals surface area (Å²) < 4.78 is 4.78. The minimum absolute atomic E-state index is 0.0311. The molecule has 0 aliphatic carbocycles. The molecule has 9 heteroatoms. The Morgan fingerprint density at radius 1 is 1.45 bits per heavy atom. The van der Waals surface area contributed by atoms with E-state index >= 15 is 0 Å². The molecule has 0 aliphatic heterocycles. The van der Waals surface area contributed by atoms with Gasteiger partial charge in [0, 0.05) is 6.54 Å². The minimum Gasteiger partial charge on any atom is -0.465 e. The molecule has 1 N–H and O–H groups in total. The SMILES string of the molecule is CCNc1nc(C)c([N+](=O)[O-])c(SCC(=O)OCC)n1. The summed E-state index contributed by atoms with van der Waals surface area (Å²) in [4.78, 5) is 29.9. The van der Waals surface area contributed by atoms with Gasteiger partial charge in [-0.05, 0) is 20.8 Å². The van der Waals surface area contributed by atoms with E-state index in [1.54, 1.807) is 6.92 Å². The summed E-state index contributed by atoms with van der Waals surface area (Å²) in [5.41, 5.74) is 0.0771. The normalized spacial score (nSPS) is 10.2. The first-order chi connectivity index (χ1) is 9.49. The van der Waals surface area contributed by atoms with Crippen molar-refractivity contribution in [2.75, 3.05) is 24.2 Å². The van der Waals surface area contributed by atoms with Crippen LogP contribution < -0.4 is 5.32 Å². The van der Waals surface area contributed by atoms with Gasteiger partial charge in [-0.15, -0.1) is 0 Å². The van der Waals surface area contributed by atoms with Crippen LogP contribution >= 0.6 is 11.8 Å². The van der Waals surface area contributed by atoms with E-state index in [1.165, 1.54) is 6.92 Å². The molecular formula is C11H16N4O4S. The maximum atomic E-state index is 11.3. The van der Waals surface area contributed by atoms with Crippen molar-refractivity contribution in [2.24, 2.45) is 0 Å². The van der Waals surface area contributed by atoms with Gasteiger partial charge in [0.15, 0.2) is 5.03 Å². The van der Waals surface area contributed by atoms with Crippen molar-refractivity contribution in [1.82, 2.24) is 9.97 Å². The lowest BCUT2D eigenvalue weighted by Gasteiger charge is -2.07. The lowest BCUT2D eigenvalue weighted by molar-refractivity contribution is -0.389. The van der Waals surface area contributed by atoms with Gasteiger partial charge in [0.2, 0.25) is 5.95 Å². The third kappa shape index (κ3) is 4.34. The zero-order chi connectivity index (χ0) is 15.1. The topological polar surface area (TPSA) is 107 Å². The fourth-order valence-electron chi connectivity index (χ4n) is 1.42. The quantitative estimate of drug-likeness (QED) is 0.267. The number of ether oxygens (including phenoxy) is 1. The second kappa shape index (κ2) is 7.63. The number of aromatic nitrogens is 2. The molecule has 0 bridgehead atoms. The fraction of sp³-hybridized carbons (Fsp3) is 0.545. The number of thioether (sulfide) groups is 1. The Kier molecular flexibility index (Phi) is 6.16. The molecule has 0 amide bonds. The number of carbonyl (C=O) groups excluding carboxylic acids is 1. The summed E-state index contributed by atoms with van der Waals surface area (Å²) in [6.07, 6.45) is 0. The number of nitrogens with one attached hydrogen (secondary N) is 1. The lowest BCUT2D eigenvalue weighted by atomic mass is 10.4. The zero-order valence-electron chi connectivity index (χ0n) is 11.5. The molecule has 0 atom stereocenters. The van der Waals surface area contributed by atoms with E-state index in [-0.39, 0.29) is 28.8 Å². The number of aryl methyl sites for hydroxylation is 1. The Hall–Kier alpha value is -1.90. The van der Waals surface area contributed by atoms with Crippen molar-refractivity contribution in [1.29, 1.82) is 0 Å². The van der Waals surface area contributed by atoms with Crippen LogP contribution in [0.2, 0.25) is 0 Å². The molecule has 1 aromatic rings. The summed E-state index contributed by atoms with van der Waals surface area (Å²) in [6.45, 7) is 5.97. The second-order valence-corrected chi connectivity index (χ2v) is 4.63. The van der Waals surface area contributed by atoms with Crippen molar-refractivity contribution < 1.29 is 14.5 Å². The zero-order valence-corrected chi connectivity index (χ0v) is 12.3. The molecule has 1 heterocycles. The highest BCUT2D eigenvalue weighted by atomic mass is 32.2. The molecule has 110 valence electrons. The first-order valence-electron chi connectivity index (χ1n) is 6.04. The van der Waals surface area contributed by atoms with Crippen LogP contribution in [0.4, 0.5) is 11.6 Å². The summed E-state index contributed by atoms with van der Waals surface area (Å²) in [5.74, 6) is -0.161. The highest BCUT2D eigenvalue weighted by molar-refractivity contribution is 8.00. The number of nitrogens with zero attached hydrogens (tertiary/aromatic N) is 3. The monoisotopic (exact) mass is 300 g/mol. The predicted octanol–water partition coefficient (Wildman–Crippen LogP) is 1.78. The molecule has 8 nitrogen and oxygen atoms in total. The van der Waals surface area contributed by atoms with Gasteiger partial charge in [-0.1, -0.05) is 11.8 Å². The van der Waals surface area contributed by atoms with Gasteiger partial charge in [-0.25, -0.2) is 4.98 Å². The smallest absolute Gasteiger partial charge is 0.322 e. The third-order valence-electron chi connectivity index (χ3n) is 2.18. The Morgan fingerprint density at radius 3 is 2.70 bits per heavy atom. The van der Waals surface area contributed by atoms with E-state index in [0.717, 1.165) is 11.8 Å². The Balaban J connectivity index is 3.00. The average Bonchev–Trinajstić information content (AvgIpc) is 2.36. The maximum Gasteiger partial charge on any atom is 0.322 e. The fourth-order valence-corrected chi connectivity index (χ4v) is 2.27. The Labute approximate surface area is 120 Å². The molecule has 0 saturated heterocycles. The number of hydrogen-bond donors (Lipinski definition) is 1. The molecule has 20 heavy (non-hydrogen) atoms. The molecule has 0 fully saturated rings. The third-order valence-corrected chi connectivity index (χ3v) is 3.11. The molecule has 1 aromatic heterocycles. The largest absolute Gasteiger partial charge is 0.465 e. The van der Waals surface area contributed by atoms with Gasteiger partial charge in [0.25, 0.3) is 0 Å². The summed E-state index contributed by atoms with van der Waals surface area (Å²) in [7, 11) is 0. The molecule has 0 aromatic carbocycles. The summed E-state index contributed by atoms with van der Waals surface area (Å²) >= 11 is 0.970. The van der Waals surface area contributed by atoms with Crippen LogP contribution in [0.1, 0.15) is 19.5 Å². The second-order valence-electron chi connectivity index (χ2n) is 3.67. The van der Waals surface area contributed by atoms with Crippen molar-refractivity contribution in [3.63, 3.8) is 0 Å². The first kappa shape index (κ1) is 16.2. The van der Waals surface area contributed by atoms with Gasteiger partial charge in [-0.2, -0.15) is 4.98 Å². The molecule has 0 unspecified atom stereocenters. The van der Waals surface area contributed by atoms with Crippen LogP contribution in [0.5, 0.6) is 0 Å². The van der Waals surface area contributed by atoms with Crippen LogP contribution in [-0.2, 0) is 9.53 Å². The van der Waals surface area contributed by atoms with E-state index in [0.29, 0.717) is 12.5 Å². The Morgan fingerprint density at radius 2 is 2.15 bits per heavy atom. The lowest BCUT2D eigenvalue weighted by Crippen LogP contribution is -2.10. The van der Waals surface area contributed by atoms with E-state index in [2.05, 4.69) is 15.3 Å². The van der Waals surface area contributed by atoms with E-state index in [4.69, 9.17) is 4.74 Å². The van der Waals surface area contributed by atoms with Crippen LogP contribution in [0.3, 0.4) is 0 Å². The predicted molar refractivity (Wildman–Crippen MR) is 74.9 cm³/mol. The molecule has 0 radical (unpaired) electrons. The standard InChI is InChI=1S/C11H16N4O4S/c1-4-12-11-13-7(3)9(15(17)18)10(14-11)20-6-8(16)19-5-2/h4-6H2,1-3H3,(H,12,13,14). The van der Waals surface area contributed by atoms with Gasteiger partial charge in [0.05, 0.1) is 17.3 Å². The van der Waals surface area contributed by atoms with Gasteiger partial charge >= 0.3 is 11.7 Å². The van der Waals surface area contributed by atoms with E-state index in [9.17, 15) is 14.9 Å². The number of hydrogen-bond acceptors (Lipinski definition) is 8. The van der Waals surface area contributed by atoms with Crippen molar-refractivity contribution >= 4 is 29.4 Å². The van der Waals surface area contributed by atoms with Crippen LogP contribution in [-0.4, -0.2) is 39.8 Å². The van der Waals surface area contributed by atoms with Crippen molar-refractivity contribution in [2.45, 2.75) is 25.8 Å². The molecule has 0 aliphatic rings. The van der Waals surface area contributed by atoms with Crippen molar-refractivity contribution in [3.05, 3.63) is 15.8 Å².